The van der Waals surface area contributed by atoms with E-state index in [1.807, 2.05) is 32.3 Å². The highest BCUT2D eigenvalue weighted by atomic mass is 16.5. The Kier molecular flexibility index (Phi) is 7.96. The zero-order valence-electron chi connectivity index (χ0n) is 17.8. The molecule has 1 aliphatic carbocycles. The predicted octanol–water partition coefficient (Wildman–Crippen LogP) is 2.06. The standard InChI is InChI=1S/C21H34N4O3/c1-22-20(24-15-21(11-6-7-12-21)19(26)25(2)3)23-13-10-16-8-9-17(27-4)18(14-16)28-5/h8-9,14H,6-7,10-13,15H2,1-5H3,(H2,22,23,24). The number of ether oxygens (including phenoxy) is 2. The molecular weight excluding hydrogens is 356 g/mol. The van der Waals surface area contributed by atoms with Gasteiger partial charge in [0.15, 0.2) is 17.5 Å². The first kappa shape index (κ1) is 21.9. The molecule has 1 aromatic carbocycles. The van der Waals surface area contributed by atoms with E-state index in [1.165, 1.54) is 0 Å². The summed E-state index contributed by atoms with van der Waals surface area (Å²) >= 11 is 0. The van der Waals surface area contributed by atoms with E-state index in [9.17, 15) is 4.79 Å². The van der Waals surface area contributed by atoms with Crippen LogP contribution in [0, 0.1) is 5.41 Å². The van der Waals surface area contributed by atoms with Gasteiger partial charge in [0.1, 0.15) is 0 Å². The Morgan fingerprint density at radius 2 is 1.82 bits per heavy atom. The van der Waals surface area contributed by atoms with Crippen LogP contribution < -0.4 is 20.1 Å². The van der Waals surface area contributed by atoms with E-state index in [2.05, 4.69) is 15.6 Å². The van der Waals surface area contributed by atoms with Gasteiger partial charge >= 0.3 is 0 Å². The normalized spacial score (nSPS) is 15.8. The van der Waals surface area contributed by atoms with Crippen molar-refractivity contribution in [2.45, 2.75) is 32.1 Å². The lowest BCUT2D eigenvalue weighted by molar-refractivity contribution is -0.138. The zero-order chi connectivity index (χ0) is 20.6. The van der Waals surface area contributed by atoms with Crippen molar-refractivity contribution in [1.29, 1.82) is 0 Å². The second-order valence-corrected chi connectivity index (χ2v) is 7.48. The molecule has 0 aliphatic heterocycles. The summed E-state index contributed by atoms with van der Waals surface area (Å²) in [5.74, 6) is 2.38. The van der Waals surface area contributed by atoms with Gasteiger partial charge in [0, 0.05) is 34.2 Å². The first-order valence-electron chi connectivity index (χ1n) is 9.83. The first-order valence-corrected chi connectivity index (χ1v) is 9.83. The largest absolute Gasteiger partial charge is 0.493 e. The van der Waals surface area contributed by atoms with E-state index < -0.39 is 0 Å². The Bertz CT molecular complexity index is 682. The SMILES string of the molecule is CN=C(NCCc1ccc(OC)c(OC)c1)NCC1(C(=O)N(C)C)CCCC1. The van der Waals surface area contributed by atoms with Crippen LogP contribution >= 0.6 is 0 Å². The molecule has 2 N–H and O–H groups in total. The van der Waals surface area contributed by atoms with Crippen LogP contribution in [0.4, 0.5) is 0 Å². The highest BCUT2D eigenvalue weighted by Gasteiger charge is 2.42. The van der Waals surface area contributed by atoms with Gasteiger partial charge in [-0.15, -0.1) is 0 Å². The number of hydrogen-bond donors (Lipinski definition) is 2. The molecule has 7 heteroatoms. The number of nitrogens with zero attached hydrogens (tertiary/aromatic N) is 2. The summed E-state index contributed by atoms with van der Waals surface area (Å²) in [5.41, 5.74) is 0.834. The number of guanidine groups is 1. The molecule has 1 amide bonds. The fourth-order valence-corrected chi connectivity index (χ4v) is 3.83. The van der Waals surface area contributed by atoms with Gasteiger partial charge in [0.2, 0.25) is 5.91 Å². The number of carbonyl (C=O) groups is 1. The molecule has 0 spiro atoms. The lowest BCUT2D eigenvalue weighted by Gasteiger charge is -2.31. The number of methoxy groups -OCH3 is 2. The molecule has 0 bridgehead atoms. The van der Waals surface area contributed by atoms with E-state index in [1.54, 1.807) is 26.2 Å². The monoisotopic (exact) mass is 390 g/mol. The number of carbonyl (C=O) groups excluding carboxylic acids is 1. The van der Waals surface area contributed by atoms with Gasteiger partial charge in [-0.25, -0.2) is 0 Å². The van der Waals surface area contributed by atoms with Gasteiger partial charge in [-0.3, -0.25) is 9.79 Å². The van der Waals surface area contributed by atoms with Gasteiger partial charge in [0.25, 0.3) is 0 Å². The molecule has 0 radical (unpaired) electrons. The maximum Gasteiger partial charge on any atom is 0.230 e. The Labute approximate surface area is 168 Å². The van der Waals surface area contributed by atoms with Crippen LogP contribution in [0.2, 0.25) is 0 Å². The first-order chi connectivity index (χ1) is 13.5. The van der Waals surface area contributed by atoms with Crippen molar-refractivity contribution in [3.05, 3.63) is 23.8 Å². The number of hydrogen-bond acceptors (Lipinski definition) is 4. The summed E-state index contributed by atoms with van der Waals surface area (Å²) in [6.07, 6.45) is 4.89. The summed E-state index contributed by atoms with van der Waals surface area (Å²) in [5, 5.41) is 6.70. The van der Waals surface area contributed by atoms with Crippen LogP contribution in [0.1, 0.15) is 31.2 Å². The third-order valence-electron chi connectivity index (χ3n) is 5.39. The Morgan fingerprint density at radius 1 is 1.14 bits per heavy atom. The molecule has 156 valence electrons. The van der Waals surface area contributed by atoms with Crippen molar-refractivity contribution >= 4 is 11.9 Å². The lowest BCUT2D eigenvalue weighted by atomic mass is 9.84. The van der Waals surface area contributed by atoms with Crippen molar-refractivity contribution in [3.8, 4) is 11.5 Å². The molecule has 0 saturated heterocycles. The third-order valence-corrected chi connectivity index (χ3v) is 5.39. The molecule has 1 aliphatic rings. The molecule has 1 fully saturated rings. The lowest BCUT2D eigenvalue weighted by Crippen LogP contribution is -2.49. The molecule has 1 aromatic rings. The number of nitrogens with one attached hydrogen (secondary N) is 2. The summed E-state index contributed by atoms with van der Waals surface area (Å²) in [6.45, 7) is 1.34. The van der Waals surface area contributed by atoms with E-state index in [4.69, 9.17) is 9.47 Å². The van der Waals surface area contributed by atoms with Crippen LogP contribution in [0.25, 0.3) is 0 Å². The topological polar surface area (TPSA) is 75.2 Å². The van der Waals surface area contributed by atoms with E-state index in [-0.39, 0.29) is 11.3 Å². The minimum Gasteiger partial charge on any atom is -0.493 e. The van der Waals surface area contributed by atoms with Crippen molar-refractivity contribution in [3.63, 3.8) is 0 Å². The zero-order valence-corrected chi connectivity index (χ0v) is 17.8. The van der Waals surface area contributed by atoms with Crippen molar-refractivity contribution in [2.24, 2.45) is 10.4 Å². The van der Waals surface area contributed by atoms with E-state index in [0.29, 0.717) is 6.54 Å². The van der Waals surface area contributed by atoms with Gasteiger partial charge < -0.3 is 25.0 Å². The van der Waals surface area contributed by atoms with Gasteiger partial charge in [0.05, 0.1) is 19.6 Å². The fourth-order valence-electron chi connectivity index (χ4n) is 3.83. The van der Waals surface area contributed by atoms with Crippen molar-refractivity contribution in [1.82, 2.24) is 15.5 Å². The highest BCUT2D eigenvalue weighted by Crippen LogP contribution is 2.38. The minimum atomic E-state index is -0.315. The molecule has 1 saturated carbocycles. The minimum absolute atomic E-state index is 0.207. The van der Waals surface area contributed by atoms with Crippen LogP contribution in [-0.2, 0) is 11.2 Å². The quantitative estimate of drug-likeness (QED) is 0.525. The summed E-state index contributed by atoms with van der Waals surface area (Å²) in [6, 6.07) is 5.93. The molecule has 28 heavy (non-hydrogen) atoms. The molecule has 2 rings (SSSR count). The molecule has 0 atom stereocenters. The Balaban J connectivity index is 1.88. The Hall–Kier alpha value is -2.44. The third kappa shape index (κ3) is 5.30. The summed E-state index contributed by atoms with van der Waals surface area (Å²) in [7, 11) is 8.68. The second kappa shape index (κ2) is 10.2. The molecule has 7 nitrogen and oxygen atoms in total. The molecule has 0 heterocycles. The van der Waals surface area contributed by atoms with Crippen LogP contribution in [-0.4, -0.2) is 65.2 Å². The van der Waals surface area contributed by atoms with Crippen molar-refractivity contribution < 1.29 is 14.3 Å². The highest BCUT2D eigenvalue weighted by molar-refractivity contribution is 5.85. The van der Waals surface area contributed by atoms with E-state index in [0.717, 1.165) is 61.7 Å². The Morgan fingerprint density at radius 3 is 2.39 bits per heavy atom. The van der Waals surface area contributed by atoms with Gasteiger partial charge in [-0.1, -0.05) is 18.9 Å². The van der Waals surface area contributed by atoms with Crippen molar-refractivity contribution in [2.75, 3.05) is 48.5 Å². The summed E-state index contributed by atoms with van der Waals surface area (Å²) < 4.78 is 10.6. The number of aliphatic imine (C=N–C) groups is 1. The van der Waals surface area contributed by atoms with Crippen LogP contribution in [0.5, 0.6) is 11.5 Å². The van der Waals surface area contributed by atoms with Gasteiger partial charge in [-0.05, 0) is 37.0 Å². The molecule has 0 aromatic heterocycles. The maximum atomic E-state index is 12.7. The average molecular weight is 391 g/mol. The summed E-state index contributed by atoms with van der Waals surface area (Å²) in [4.78, 5) is 18.7. The number of rotatable bonds is 8. The fraction of sp³-hybridized carbons (Fsp3) is 0.619. The molecule has 0 unspecified atom stereocenters. The smallest absolute Gasteiger partial charge is 0.230 e. The molecular formula is C21H34N4O3. The average Bonchev–Trinajstić information content (AvgIpc) is 3.19. The predicted molar refractivity (Wildman–Crippen MR) is 112 cm³/mol. The van der Waals surface area contributed by atoms with Crippen LogP contribution in [0.3, 0.4) is 0 Å². The van der Waals surface area contributed by atoms with Gasteiger partial charge in [-0.2, -0.15) is 0 Å². The number of amides is 1. The second-order valence-electron chi connectivity index (χ2n) is 7.48. The maximum absolute atomic E-state index is 12.7. The van der Waals surface area contributed by atoms with Crippen LogP contribution in [0.15, 0.2) is 23.2 Å². The number of benzene rings is 1. The van der Waals surface area contributed by atoms with E-state index >= 15 is 0 Å².